The number of pyridine rings is 1. The smallest absolute Gasteiger partial charge is 0.353 e. The molecule has 3 aromatic rings. The Hall–Kier alpha value is -3.54. The van der Waals surface area contributed by atoms with Gasteiger partial charge >= 0.3 is 6.18 Å². The van der Waals surface area contributed by atoms with Crippen molar-refractivity contribution in [3.8, 4) is 10.6 Å². The number of anilines is 1. The number of halogens is 3. The summed E-state index contributed by atoms with van der Waals surface area (Å²) in [5.74, 6) is 0.531. The van der Waals surface area contributed by atoms with Crippen LogP contribution in [-0.2, 0) is 17.4 Å². The summed E-state index contributed by atoms with van der Waals surface area (Å²) in [5.41, 5.74) is 0.336. The number of amides is 1. The number of nitrogens with zero attached hydrogens (tertiary/aromatic N) is 5. The lowest BCUT2D eigenvalue weighted by molar-refractivity contribution is -0.385. The van der Waals surface area contributed by atoms with Gasteiger partial charge < -0.3 is 9.80 Å². The molecule has 1 saturated heterocycles. The van der Waals surface area contributed by atoms with E-state index in [-0.39, 0.29) is 18.0 Å². The molecular formula is C21H18F3N5O3S. The van der Waals surface area contributed by atoms with Crippen molar-refractivity contribution in [3.05, 3.63) is 69.3 Å². The van der Waals surface area contributed by atoms with Crippen LogP contribution in [0.2, 0.25) is 0 Å². The normalized spacial score (nSPS) is 14.4. The van der Waals surface area contributed by atoms with Crippen molar-refractivity contribution >= 4 is 28.7 Å². The van der Waals surface area contributed by atoms with Crippen molar-refractivity contribution < 1.29 is 22.9 Å². The minimum Gasteiger partial charge on any atom is -0.353 e. The molecule has 4 rings (SSSR count). The zero-order valence-electron chi connectivity index (χ0n) is 17.2. The highest BCUT2D eigenvalue weighted by atomic mass is 32.1. The van der Waals surface area contributed by atoms with Crippen molar-refractivity contribution in [3.63, 3.8) is 0 Å². The molecule has 1 amide bonds. The molecule has 1 aliphatic heterocycles. The average molecular weight is 477 g/mol. The lowest BCUT2D eigenvalue weighted by atomic mass is 10.1. The highest BCUT2D eigenvalue weighted by molar-refractivity contribution is 7.13. The molecule has 12 heteroatoms. The molecule has 0 saturated carbocycles. The fourth-order valence-electron chi connectivity index (χ4n) is 3.45. The van der Waals surface area contributed by atoms with Gasteiger partial charge in [-0.3, -0.25) is 14.9 Å². The second-order valence-electron chi connectivity index (χ2n) is 7.40. The van der Waals surface area contributed by atoms with Crippen LogP contribution in [0.4, 0.5) is 24.7 Å². The van der Waals surface area contributed by atoms with Gasteiger partial charge in [-0.25, -0.2) is 9.97 Å². The average Bonchev–Trinajstić information content (AvgIpc) is 3.27. The van der Waals surface area contributed by atoms with Crippen LogP contribution in [0.3, 0.4) is 0 Å². The first-order chi connectivity index (χ1) is 15.7. The van der Waals surface area contributed by atoms with Gasteiger partial charge in [-0.15, -0.1) is 11.3 Å². The summed E-state index contributed by atoms with van der Waals surface area (Å²) in [6, 6.07) is 7.77. The molecule has 1 aliphatic rings. The first-order valence-electron chi connectivity index (χ1n) is 9.96. The predicted octanol–water partition coefficient (Wildman–Crippen LogP) is 4.02. The molecule has 1 fully saturated rings. The van der Waals surface area contributed by atoms with E-state index in [0.29, 0.717) is 48.3 Å². The maximum absolute atomic E-state index is 12.7. The molecule has 0 atom stereocenters. The van der Waals surface area contributed by atoms with Crippen LogP contribution in [0.1, 0.15) is 11.3 Å². The molecular weight excluding hydrogens is 459 g/mol. The van der Waals surface area contributed by atoms with Crippen LogP contribution in [0, 0.1) is 10.1 Å². The van der Waals surface area contributed by atoms with Crippen LogP contribution in [0.25, 0.3) is 10.6 Å². The van der Waals surface area contributed by atoms with E-state index in [2.05, 4.69) is 9.97 Å². The topological polar surface area (TPSA) is 92.5 Å². The third-order valence-corrected chi connectivity index (χ3v) is 6.18. The number of piperazine rings is 1. The molecule has 0 spiro atoms. The fraction of sp³-hybridized carbons (Fsp3) is 0.286. The summed E-state index contributed by atoms with van der Waals surface area (Å²) >= 11 is 1.28. The number of alkyl halides is 3. The minimum atomic E-state index is -4.39. The maximum Gasteiger partial charge on any atom is 0.416 e. The van der Waals surface area contributed by atoms with E-state index in [1.54, 1.807) is 16.3 Å². The van der Waals surface area contributed by atoms with Crippen LogP contribution in [0.5, 0.6) is 0 Å². The van der Waals surface area contributed by atoms with Gasteiger partial charge in [0.05, 0.1) is 22.6 Å². The minimum absolute atomic E-state index is 0.0773. The van der Waals surface area contributed by atoms with Crippen LogP contribution >= 0.6 is 11.3 Å². The SMILES string of the molecule is O=C(Cc1csc(-c2ccc(C(F)(F)F)cc2)n1)N1CCN(c2ccc([N+](=O)[O-])cn2)CC1. The summed E-state index contributed by atoms with van der Waals surface area (Å²) in [6.45, 7) is 2.05. The van der Waals surface area contributed by atoms with Crippen LogP contribution in [-0.4, -0.2) is 51.9 Å². The van der Waals surface area contributed by atoms with Gasteiger partial charge in [0.1, 0.15) is 17.0 Å². The Morgan fingerprint density at radius 3 is 2.36 bits per heavy atom. The van der Waals surface area contributed by atoms with Gasteiger partial charge in [0, 0.05) is 43.2 Å². The number of rotatable bonds is 5. The quantitative estimate of drug-likeness (QED) is 0.407. The zero-order chi connectivity index (χ0) is 23.6. The molecule has 8 nitrogen and oxygen atoms in total. The number of thiazole rings is 1. The molecule has 0 radical (unpaired) electrons. The van der Waals surface area contributed by atoms with Crippen LogP contribution in [0.15, 0.2) is 48.0 Å². The van der Waals surface area contributed by atoms with Crippen molar-refractivity contribution in [2.45, 2.75) is 12.6 Å². The van der Waals surface area contributed by atoms with E-state index in [9.17, 15) is 28.1 Å². The van der Waals surface area contributed by atoms with E-state index in [4.69, 9.17) is 0 Å². The summed E-state index contributed by atoms with van der Waals surface area (Å²) < 4.78 is 38.2. The second kappa shape index (κ2) is 9.14. The van der Waals surface area contributed by atoms with E-state index in [1.807, 2.05) is 4.90 Å². The Labute approximate surface area is 190 Å². The van der Waals surface area contributed by atoms with Crippen molar-refractivity contribution in [2.24, 2.45) is 0 Å². The third-order valence-electron chi connectivity index (χ3n) is 5.24. The fourth-order valence-corrected chi connectivity index (χ4v) is 4.27. The Kier molecular flexibility index (Phi) is 6.27. The first kappa shape index (κ1) is 22.6. The Bertz CT molecular complexity index is 1140. The molecule has 3 heterocycles. The molecule has 172 valence electrons. The Balaban J connectivity index is 1.32. The number of hydrogen-bond acceptors (Lipinski definition) is 7. The lowest BCUT2D eigenvalue weighted by Crippen LogP contribution is -2.49. The lowest BCUT2D eigenvalue weighted by Gasteiger charge is -2.35. The molecule has 0 N–H and O–H groups in total. The molecule has 0 aliphatic carbocycles. The van der Waals surface area contributed by atoms with E-state index in [0.717, 1.165) is 12.1 Å². The summed E-state index contributed by atoms with van der Waals surface area (Å²) in [7, 11) is 0. The molecule has 0 unspecified atom stereocenters. The highest BCUT2D eigenvalue weighted by Crippen LogP contribution is 2.32. The van der Waals surface area contributed by atoms with Gasteiger partial charge in [-0.05, 0) is 18.2 Å². The molecule has 1 aromatic carbocycles. The molecule has 33 heavy (non-hydrogen) atoms. The number of aromatic nitrogens is 2. The van der Waals surface area contributed by atoms with E-state index >= 15 is 0 Å². The standard InChI is InChI=1S/C21H18F3N5O3S/c22-21(23,24)15-3-1-14(2-4-15)20-26-16(13-33-20)11-19(30)28-9-7-27(8-10-28)18-6-5-17(12-25-18)29(31)32/h1-6,12-13H,7-11H2. The summed E-state index contributed by atoms with van der Waals surface area (Å²) in [4.78, 5) is 35.1. The van der Waals surface area contributed by atoms with Gasteiger partial charge in [0.15, 0.2) is 0 Å². The maximum atomic E-state index is 12.7. The monoisotopic (exact) mass is 477 g/mol. The number of benzene rings is 1. The summed E-state index contributed by atoms with van der Waals surface area (Å²) in [6.07, 6.45) is -3.08. The van der Waals surface area contributed by atoms with Crippen LogP contribution < -0.4 is 4.90 Å². The van der Waals surface area contributed by atoms with E-state index < -0.39 is 16.7 Å². The first-order valence-corrected chi connectivity index (χ1v) is 10.8. The van der Waals surface area contributed by atoms with Crippen molar-refractivity contribution in [2.75, 3.05) is 31.1 Å². The van der Waals surface area contributed by atoms with Gasteiger partial charge in [-0.1, -0.05) is 12.1 Å². The van der Waals surface area contributed by atoms with E-state index in [1.165, 1.54) is 35.7 Å². The number of carbonyl (C=O) groups is 1. The van der Waals surface area contributed by atoms with Gasteiger partial charge in [0.2, 0.25) is 5.91 Å². The zero-order valence-corrected chi connectivity index (χ0v) is 18.0. The number of carbonyl (C=O) groups excluding carboxylic acids is 1. The molecule has 0 bridgehead atoms. The largest absolute Gasteiger partial charge is 0.416 e. The number of nitro groups is 1. The second-order valence-corrected chi connectivity index (χ2v) is 8.25. The van der Waals surface area contributed by atoms with Gasteiger partial charge in [-0.2, -0.15) is 13.2 Å². The summed E-state index contributed by atoms with van der Waals surface area (Å²) in [5, 5.41) is 13.0. The Morgan fingerprint density at radius 1 is 1.09 bits per heavy atom. The molecule has 2 aromatic heterocycles. The number of hydrogen-bond donors (Lipinski definition) is 0. The van der Waals surface area contributed by atoms with Gasteiger partial charge in [0.25, 0.3) is 5.69 Å². The van der Waals surface area contributed by atoms with Crippen molar-refractivity contribution in [1.29, 1.82) is 0 Å². The highest BCUT2D eigenvalue weighted by Gasteiger charge is 2.30. The van der Waals surface area contributed by atoms with Crippen molar-refractivity contribution in [1.82, 2.24) is 14.9 Å². The third kappa shape index (κ3) is 5.28. The Morgan fingerprint density at radius 2 is 1.79 bits per heavy atom. The predicted molar refractivity (Wildman–Crippen MR) is 116 cm³/mol.